The van der Waals surface area contributed by atoms with Crippen molar-refractivity contribution in [3.8, 4) is 0 Å². The molecule has 7 nitrogen and oxygen atoms in total. The topological polar surface area (TPSA) is 105 Å². The predicted octanol–water partition coefficient (Wildman–Crippen LogP) is 1.47. The molecule has 1 aromatic rings. The van der Waals surface area contributed by atoms with Gasteiger partial charge in [0.05, 0.1) is 6.54 Å². The van der Waals surface area contributed by atoms with E-state index in [0.29, 0.717) is 11.5 Å². The maximum absolute atomic E-state index is 12.6. The monoisotopic (exact) mass is 332 g/mol. The lowest BCUT2D eigenvalue weighted by molar-refractivity contribution is -0.118. The molecule has 24 heavy (non-hydrogen) atoms. The van der Waals surface area contributed by atoms with Gasteiger partial charge in [-0.25, -0.2) is 4.79 Å². The first kappa shape index (κ1) is 17.8. The molecule has 0 radical (unpaired) electrons. The molecule has 0 spiro atoms. The van der Waals surface area contributed by atoms with Crippen LogP contribution < -0.4 is 16.4 Å². The van der Waals surface area contributed by atoms with E-state index in [-0.39, 0.29) is 12.5 Å². The van der Waals surface area contributed by atoms with Crippen molar-refractivity contribution in [2.45, 2.75) is 26.7 Å². The molecule has 1 aromatic carbocycles. The van der Waals surface area contributed by atoms with E-state index in [0.717, 1.165) is 30.8 Å². The Bertz CT molecular complexity index is 645. The number of hydrogen-bond acceptors (Lipinski definition) is 4. The van der Waals surface area contributed by atoms with Crippen molar-refractivity contribution < 1.29 is 14.4 Å². The molecule has 2 rings (SSSR count). The molecule has 0 aliphatic carbocycles. The minimum absolute atomic E-state index is 0.0441. The Morgan fingerprint density at radius 2 is 2.08 bits per heavy atom. The molecule has 1 fully saturated rings. The minimum atomic E-state index is -0.879. The second-order valence-electron chi connectivity index (χ2n) is 6.29. The number of nitrogens with two attached hydrogens (primary N) is 1. The van der Waals surface area contributed by atoms with Crippen LogP contribution in [0.5, 0.6) is 0 Å². The average molecular weight is 332 g/mol. The summed E-state index contributed by atoms with van der Waals surface area (Å²) in [4.78, 5) is 36.5. The van der Waals surface area contributed by atoms with Crippen LogP contribution in [0.4, 0.5) is 10.5 Å². The van der Waals surface area contributed by atoms with Crippen LogP contribution in [0.3, 0.4) is 0 Å². The highest BCUT2D eigenvalue weighted by molar-refractivity contribution is 5.96. The second kappa shape index (κ2) is 7.81. The van der Waals surface area contributed by atoms with E-state index in [9.17, 15) is 14.4 Å². The van der Waals surface area contributed by atoms with E-state index < -0.39 is 11.9 Å². The number of benzene rings is 1. The van der Waals surface area contributed by atoms with Gasteiger partial charge in [0.15, 0.2) is 0 Å². The summed E-state index contributed by atoms with van der Waals surface area (Å²) in [6, 6.07) is 4.46. The Morgan fingerprint density at radius 1 is 1.33 bits per heavy atom. The zero-order valence-electron chi connectivity index (χ0n) is 14.1. The number of imide groups is 1. The molecule has 1 aliphatic heterocycles. The van der Waals surface area contributed by atoms with Crippen LogP contribution in [0.15, 0.2) is 18.2 Å². The van der Waals surface area contributed by atoms with E-state index in [2.05, 4.69) is 12.2 Å². The molecule has 0 unspecified atom stereocenters. The fourth-order valence-corrected chi connectivity index (χ4v) is 2.91. The molecule has 4 amide bonds. The lowest BCUT2D eigenvalue weighted by atomic mass is 9.99. The number of urea groups is 1. The van der Waals surface area contributed by atoms with Crippen molar-refractivity contribution in [3.63, 3.8) is 0 Å². The normalized spacial score (nSPS) is 17.2. The van der Waals surface area contributed by atoms with Crippen molar-refractivity contribution in [2.24, 2.45) is 11.7 Å². The van der Waals surface area contributed by atoms with Gasteiger partial charge in [0, 0.05) is 24.3 Å². The number of piperidine rings is 1. The molecule has 1 aliphatic rings. The summed E-state index contributed by atoms with van der Waals surface area (Å²) < 4.78 is 0. The van der Waals surface area contributed by atoms with E-state index in [1.807, 2.05) is 23.2 Å². The van der Waals surface area contributed by atoms with Crippen LogP contribution in [-0.4, -0.2) is 42.4 Å². The molecular formula is C17H24N4O3. The molecule has 1 heterocycles. The standard InChI is InChI=1S/C17H24N4O3/c1-11-4-3-7-21(10-11)16(23)13-5-6-14(12(2)8-13)19-9-15(22)20-17(18)24/h5-6,8,11,19H,3-4,7,9-10H2,1-2H3,(H3,18,20,22,24)/t11-/m1/s1. The van der Waals surface area contributed by atoms with Gasteiger partial charge in [0.1, 0.15) is 0 Å². The van der Waals surface area contributed by atoms with Gasteiger partial charge < -0.3 is 16.0 Å². The van der Waals surface area contributed by atoms with Crippen molar-refractivity contribution in [2.75, 3.05) is 25.0 Å². The summed E-state index contributed by atoms with van der Waals surface area (Å²) in [5.74, 6) is 0.0699. The third-order valence-electron chi connectivity index (χ3n) is 4.12. The highest BCUT2D eigenvalue weighted by Gasteiger charge is 2.22. The van der Waals surface area contributed by atoms with Crippen LogP contribution in [0, 0.1) is 12.8 Å². The number of carbonyl (C=O) groups is 3. The zero-order valence-corrected chi connectivity index (χ0v) is 14.1. The third-order valence-corrected chi connectivity index (χ3v) is 4.12. The van der Waals surface area contributed by atoms with Crippen LogP contribution >= 0.6 is 0 Å². The SMILES string of the molecule is Cc1cc(C(=O)N2CCC[C@@H](C)C2)ccc1NCC(=O)NC(N)=O. The minimum Gasteiger partial charge on any atom is -0.376 e. The summed E-state index contributed by atoms with van der Waals surface area (Å²) in [6.07, 6.45) is 2.21. The number of aryl methyl sites for hydroxylation is 1. The number of anilines is 1. The van der Waals surface area contributed by atoms with Crippen LogP contribution in [0.2, 0.25) is 0 Å². The van der Waals surface area contributed by atoms with Gasteiger partial charge in [0.2, 0.25) is 5.91 Å². The Balaban J connectivity index is 1.99. The number of primary amides is 1. The lowest BCUT2D eigenvalue weighted by Crippen LogP contribution is -2.39. The lowest BCUT2D eigenvalue weighted by Gasteiger charge is -2.31. The molecule has 1 saturated heterocycles. The Hall–Kier alpha value is -2.57. The van der Waals surface area contributed by atoms with E-state index in [1.54, 1.807) is 12.1 Å². The number of carbonyl (C=O) groups excluding carboxylic acids is 3. The van der Waals surface area contributed by atoms with Crippen molar-refractivity contribution in [3.05, 3.63) is 29.3 Å². The van der Waals surface area contributed by atoms with Gasteiger partial charge in [-0.3, -0.25) is 14.9 Å². The summed E-state index contributed by atoms with van der Waals surface area (Å²) in [5.41, 5.74) is 7.13. The van der Waals surface area contributed by atoms with Gasteiger partial charge >= 0.3 is 6.03 Å². The van der Waals surface area contributed by atoms with Gasteiger partial charge in [-0.05, 0) is 49.4 Å². The number of likely N-dealkylation sites (tertiary alicyclic amines) is 1. The molecule has 1 atom stereocenters. The molecule has 0 aromatic heterocycles. The van der Waals surface area contributed by atoms with Gasteiger partial charge in [-0.1, -0.05) is 6.92 Å². The van der Waals surface area contributed by atoms with Crippen LogP contribution in [0.25, 0.3) is 0 Å². The molecular weight excluding hydrogens is 308 g/mol. The number of nitrogens with one attached hydrogen (secondary N) is 2. The molecule has 0 bridgehead atoms. The highest BCUT2D eigenvalue weighted by atomic mass is 16.2. The first-order chi connectivity index (χ1) is 11.4. The maximum atomic E-state index is 12.6. The summed E-state index contributed by atoms with van der Waals surface area (Å²) in [5, 5.41) is 4.91. The first-order valence-electron chi connectivity index (χ1n) is 8.10. The molecule has 7 heteroatoms. The summed E-state index contributed by atoms with van der Waals surface area (Å²) >= 11 is 0. The zero-order chi connectivity index (χ0) is 17.7. The highest BCUT2D eigenvalue weighted by Crippen LogP contribution is 2.21. The van der Waals surface area contributed by atoms with Gasteiger partial charge in [-0.2, -0.15) is 0 Å². The predicted molar refractivity (Wildman–Crippen MR) is 91.7 cm³/mol. The fourth-order valence-electron chi connectivity index (χ4n) is 2.91. The van der Waals surface area contributed by atoms with E-state index >= 15 is 0 Å². The first-order valence-corrected chi connectivity index (χ1v) is 8.10. The van der Waals surface area contributed by atoms with E-state index in [1.165, 1.54) is 6.42 Å². The summed E-state index contributed by atoms with van der Waals surface area (Å²) in [7, 11) is 0. The molecule has 130 valence electrons. The van der Waals surface area contributed by atoms with Gasteiger partial charge in [0.25, 0.3) is 5.91 Å². The van der Waals surface area contributed by atoms with Crippen molar-refractivity contribution >= 4 is 23.5 Å². The molecule has 4 N–H and O–H groups in total. The van der Waals surface area contributed by atoms with Crippen molar-refractivity contribution in [1.29, 1.82) is 0 Å². The van der Waals surface area contributed by atoms with Crippen LogP contribution in [0.1, 0.15) is 35.7 Å². The second-order valence-corrected chi connectivity index (χ2v) is 6.29. The fraction of sp³-hybridized carbons (Fsp3) is 0.471. The molecule has 0 saturated carbocycles. The largest absolute Gasteiger partial charge is 0.376 e. The maximum Gasteiger partial charge on any atom is 0.318 e. The van der Waals surface area contributed by atoms with E-state index in [4.69, 9.17) is 5.73 Å². The Kier molecular flexibility index (Phi) is 5.78. The number of hydrogen-bond donors (Lipinski definition) is 3. The Morgan fingerprint density at radius 3 is 2.71 bits per heavy atom. The summed E-state index contributed by atoms with van der Waals surface area (Å²) in [6.45, 7) is 5.56. The van der Waals surface area contributed by atoms with Crippen molar-refractivity contribution in [1.82, 2.24) is 10.2 Å². The number of rotatable bonds is 4. The smallest absolute Gasteiger partial charge is 0.318 e. The Labute approximate surface area is 141 Å². The number of amides is 4. The van der Waals surface area contributed by atoms with Crippen LogP contribution in [-0.2, 0) is 4.79 Å². The quantitative estimate of drug-likeness (QED) is 0.776. The third kappa shape index (κ3) is 4.71. The van der Waals surface area contributed by atoms with Gasteiger partial charge in [-0.15, -0.1) is 0 Å². The average Bonchev–Trinajstić information content (AvgIpc) is 2.52. The number of nitrogens with zero attached hydrogens (tertiary/aromatic N) is 1.